The largest absolute Gasteiger partial charge is 0.507 e. The number of likely N-dealkylation sites (tertiary alicyclic amines) is 2. The van der Waals surface area contributed by atoms with Crippen LogP contribution in [0.1, 0.15) is 68.3 Å². The first-order valence-corrected chi connectivity index (χ1v) is 10.3. The molecule has 2 aliphatic heterocycles. The average Bonchev–Trinajstić information content (AvgIpc) is 2.67. The molecule has 2 fully saturated rings. The number of aromatic hydroxyl groups is 1. The van der Waals surface area contributed by atoms with Gasteiger partial charge in [-0.1, -0.05) is 26.8 Å². The van der Waals surface area contributed by atoms with E-state index in [0.29, 0.717) is 43.3 Å². The van der Waals surface area contributed by atoms with E-state index in [4.69, 9.17) is 0 Å². The van der Waals surface area contributed by atoms with Gasteiger partial charge in [-0.05, 0) is 55.2 Å². The van der Waals surface area contributed by atoms with Crippen molar-refractivity contribution < 1.29 is 14.7 Å². The number of amides is 2. The molecule has 1 atom stereocenters. The molecule has 27 heavy (non-hydrogen) atoms. The molecule has 0 aromatic heterocycles. The van der Waals surface area contributed by atoms with Crippen LogP contribution in [0.5, 0.6) is 5.75 Å². The highest BCUT2D eigenvalue weighted by Gasteiger charge is 2.32. The number of carbonyl (C=O) groups excluding carboxylic acids is 2. The van der Waals surface area contributed by atoms with E-state index in [1.165, 1.54) is 6.42 Å². The van der Waals surface area contributed by atoms with Crippen LogP contribution in [-0.4, -0.2) is 52.9 Å². The first kappa shape index (κ1) is 19.7. The molecule has 0 spiro atoms. The summed E-state index contributed by atoms with van der Waals surface area (Å²) in [5.41, 5.74) is 1.37. The highest BCUT2D eigenvalue weighted by molar-refractivity contribution is 5.97. The van der Waals surface area contributed by atoms with Gasteiger partial charge in [-0.15, -0.1) is 0 Å². The van der Waals surface area contributed by atoms with Gasteiger partial charge in [0.1, 0.15) is 5.75 Å². The quantitative estimate of drug-likeness (QED) is 0.881. The van der Waals surface area contributed by atoms with Crippen LogP contribution >= 0.6 is 0 Å². The third kappa shape index (κ3) is 4.45. The zero-order chi connectivity index (χ0) is 19.6. The highest BCUT2D eigenvalue weighted by atomic mass is 16.3. The van der Waals surface area contributed by atoms with E-state index >= 15 is 0 Å². The Morgan fingerprint density at radius 2 is 1.78 bits per heavy atom. The van der Waals surface area contributed by atoms with E-state index in [2.05, 4.69) is 20.8 Å². The summed E-state index contributed by atoms with van der Waals surface area (Å²) >= 11 is 0. The van der Waals surface area contributed by atoms with Gasteiger partial charge in [0, 0.05) is 32.1 Å². The Labute approximate surface area is 162 Å². The Morgan fingerprint density at radius 1 is 1.07 bits per heavy atom. The summed E-state index contributed by atoms with van der Waals surface area (Å²) in [5, 5.41) is 10.3. The van der Waals surface area contributed by atoms with Crippen molar-refractivity contribution in [3.63, 3.8) is 0 Å². The number of hydrogen-bond donors (Lipinski definition) is 1. The molecular formula is C22H32N2O3. The Hall–Kier alpha value is -2.04. The van der Waals surface area contributed by atoms with Gasteiger partial charge in [-0.25, -0.2) is 0 Å². The first-order chi connectivity index (χ1) is 12.9. The molecular weight excluding hydrogens is 340 g/mol. The fourth-order valence-electron chi connectivity index (χ4n) is 4.24. The Bertz CT molecular complexity index is 693. The van der Waals surface area contributed by atoms with Crippen LogP contribution in [0.25, 0.3) is 0 Å². The van der Waals surface area contributed by atoms with Gasteiger partial charge in [0.25, 0.3) is 5.91 Å². The van der Waals surface area contributed by atoms with E-state index in [1.54, 1.807) is 17.0 Å². The zero-order valence-corrected chi connectivity index (χ0v) is 16.8. The number of carbonyl (C=O) groups is 2. The summed E-state index contributed by atoms with van der Waals surface area (Å²) in [7, 11) is 0. The van der Waals surface area contributed by atoms with Crippen molar-refractivity contribution in [3.8, 4) is 5.75 Å². The summed E-state index contributed by atoms with van der Waals surface area (Å²) in [5.74, 6) is 1.08. The van der Waals surface area contributed by atoms with Gasteiger partial charge < -0.3 is 14.9 Å². The van der Waals surface area contributed by atoms with E-state index in [0.717, 1.165) is 25.1 Å². The van der Waals surface area contributed by atoms with Gasteiger partial charge in [-0.2, -0.15) is 0 Å². The van der Waals surface area contributed by atoms with Crippen LogP contribution < -0.4 is 0 Å². The molecule has 3 rings (SSSR count). The summed E-state index contributed by atoms with van der Waals surface area (Å²) < 4.78 is 0. The maximum Gasteiger partial charge on any atom is 0.257 e. The molecule has 0 radical (unpaired) electrons. The maximum absolute atomic E-state index is 12.8. The van der Waals surface area contributed by atoms with Crippen LogP contribution in [0.4, 0.5) is 0 Å². The number of benzene rings is 1. The molecule has 5 heteroatoms. The number of phenolic OH excluding ortho intramolecular Hbond substituents is 1. The van der Waals surface area contributed by atoms with Crippen molar-refractivity contribution >= 4 is 11.8 Å². The number of rotatable bonds is 3. The molecule has 0 aliphatic carbocycles. The van der Waals surface area contributed by atoms with Crippen molar-refractivity contribution in [2.24, 2.45) is 11.8 Å². The van der Waals surface area contributed by atoms with E-state index in [9.17, 15) is 14.7 Å². The van der Waals surface area contributed by atoms with E-state index < -0.39 is 0 Å². The molecule has 5 nitrogen and oxygen atoms in total. The standard InChI is InChI=1S/C22H32N2O3/c1-15(2)18-6-7-19(20(25)13-18)22(27)23-11-8-17(9-12-23)21(26)24-10-4-5-16(3)14-24/h6-7,13,15-17,25H,4-5,8-12,14H2,1-3H3/t16-/m1/s1. The van der Waals surface area contributed by atoms with Crippen LogP contribution in [0, 0.1) is 11.8 Å². The van der Waals surface area contributed by atoms with Gasteiger partial charge in [0.2, 0.25) is 5.91 Å². The third-order valence-electron chi connectivity index (χ3n) is 6.02. The highest BCUT2D eigenvalue weighted by Crippen LogP contribution is 2.28. The number of piperidine rings is 2. The normalized spacial score (nSPS) is 21.6. The van der Waals surface area contributed by atoms with Gasteiger partial charge in [0.15, 0.2) is 0 Å². The van der Waals surface area contributed by atoms with Crippen molar-refractivity contribution in [2.75, 3.05) is 26.2 Å². The molecule has 2 saturated heterocycles. The molecule has 2 aliphatic rings. The maximum atomic E-state index is 12.8. The second-order valence-electron chi connectivity index (χ2n) is 8.53. The fourth-order valence-corrected chi connectivity index (χ4v) is 4.24. The van der Waals surface area contributed by atoms with E-state index in [1.807, 2.05) is 11.0 Å². The smallest absolute Gasteiger partial charge is 0.257 e. The van der Waals surface area contributed by atoms with Crippen molar-refractivity contribution in [3.05, 3.63) is 29.3 Å². The lowest BCUT2D eigenvalue weighted by Crippen LogP contribution is -2.47. The van der Waals surface area contributed by atoms with Crippen LogP contribution in [0.2, 0.25) is 0 Å². The van der Waals surface area contributed by atoms with Crippen LogP contribution in [-0.2, 0) is 4.79 Å². The minimum Gasteiger partial charge on any atom is -0.507 e. The Morgan fingerprint density at radius 3 is 2.37 bits per heavy atom. The second-order valence-corrected chi connectivity index (χ2v) is 8.53. The molecule has 0 bridgehead atoms. The lowest BCUT2D eigenvalue weighted by Gasteiger charge is -2.37. The number of hydrogen-bond acceptors (Lipinski definition) is 3. The molecule has 0 unspecified atom stereocenters. The van der Waals surface area contributed by atoms with Gasteiger partial charge >= 0.3 is 0 Å². The number of phenols is 1. The molecule has 2 amide bonds. The topological polar surface area (TPSA) is 60.9 Å². The number of nitrogens with zero attached hydrogens (tertiary/aromatic N) is 2. The average molecular weight is 373 g/mol. The van der Waals surface area contributed by atoms with Crippen LogP contribution in [0.15, 0.2) is 18.2 Å². The minimum atomic E-state index is -0.139. The molecule has 1 N–H and O–H groups in total. The SMILES string of the molecule is CC(C)c1ccc(C(=O)N2CCC(C(=O)N3CCC[C@@H](C)C3)CC2)c(O)c1. The summed E-state index contributed by atoms with van der Waals surface area (Å²) in [4.78, 5) is 29.4. The minimum absolute atomic E-state index is 0.0243. The first-order valence-electron chi connectivity index (χ1n) is 10.3. The molecule has 1 aromatic rings. The van der Waals surface area contributed by atoms with Crippen LogP contribution in [0.3, 0.4) is 0 Å². The third-order valence-corrected chi connectivity index (χ3v) is 6.02. The Balaban J connectivity index is 1.58. The zero-order valence-electron chi connectivity index (χ0n) is 16.8. The predicted molar refractivity (Wildman–Crippen MR) is 106 cm³/mol. The monoisotopic (exact) mass is 372 g/mol. The second kappa shape index (κ2) is 8.32. The lowest BCUT2D eigenvalue weighted by molar-refractivity contribution is -0.138. The molecule has 2 heterocycles. The summed E-state index contributed by atoms with van der Waals surface area (Å²) in [6.45, 7) is 9.21. The van der Waals surface area contributed by atoms with Crippen molar-refractivity contribution in [1.82, 2.24) is 9.80 Å². The molecule has 148 valence electrons. The summed E-state index contributed by atoms with van der Waals surface area (Å²) in [6, 6.07) is 5.32. The molecule has 0 saturated carbocycles. The van der Waals surface area contributed by atoms with Gasteiger partial charge in [0.05, 0.1) is 5.56 Å². The van der Waals surface area contributed by atoms with E-state index in [-0.39, 0.29) is 23.5 Å². The van der Waals surface area contributed by atoms with Gasteiger partial charge in [-0.3, -0.25) is 9.59 Å². The summed E-state index contributed by atoms with van der Waals surface area (Å²) in [6.07, 6.45) is 3.71. The van der Waals surface area contributed by atoms with Crippen molar-refractivity contribution in [2.45, 2.75) is 52.4 Å². The Kier molecular flexibility index (Phi) is 6.08. The molecule has 1 aromatic carbocycles. The van der Waals surface area contributed by atoms with Crippen molar-refractivity contribution in [1.29, 1.82) is 0 Å². The fraction of sp³-hybridized carbons (Fsp3) is 0.636. The predicted octanol–water partition coefficient (Wildman–Crippen LogP) is 3.63. The lowest BCUT2D eigenvalue weighted by atomic mass is 9.92.